The van der Waals surface area contributed by atoms with Crippen LogP contribution in [0.3, 0.4) is 0 Å². The first kappa shape index (κ1) is 85.1. The van der Waals surface area contributed by atoms with E-state index in [1.807, 2.05) is 0 Å². The highest BCUT2D eigenvalue weighted by atomic mass is 31.2. The van der Waals surface area contributed by atoms with Crippen LogP contribution in [0.4, 0.5) is 0 Å². The van der Waals surface area contributed by atoms with Gasteiger partial charge in [-0.15, -0.1) is 0 Å². The third kappa shape index (κ3) is 61.3. The summed E-state index contributed by atoms with van der Waals surface area (Å²) in [5.41, 5.74) is 0. The molecule has 0 fully saturated rings. The molecule has 0 spiro atoms. The number of carbonyl (C=O) groups excluding carboxylic acids is 4. The van der Waals surface area contributed by atoms with E-state index in [-0.39, 0.29) is 25.7 Å². The molecule has 19 heteroatoms. The maximum absolute atomic E-state index is 13.0. The first-order valence-electron chi connectivity index (χ1n) is 35.2. The van der Waals surface area contributed by atoms with Crippen LogP contribution < -0.4 is 0 Å². The van der Waals surface area contributed by atoms with Crippen molar-refractivity contribution in [3.05, 3.63) is 0 Å². The van der Waals surface area contributed by atoms with Gasteiger partial charge in [-0.2, -0.15) is 0 Å². The molecule has 6 atom stereocenters. The van der Waals surface area contributed by atoms with E-state index in [9.17, 15) is 43.2 Å². The second kappa shape index (κ2) is 57.9. The summed E-state index contributed by atoms with van der Waals surface area (Å²) >= 11 is 0. The summed E-state index contributed by atoms with van der Waals surface area (Å²) in [5, 5.41) is 10.6. The fourth-order valence-electron chi connectivity index (χ4n) is 10.1. The van der Waals surface area contributed by atoms with E-state index in [1.165, 1.54) is 135 Å². The Morgan fingerprint density at radius 3 is 0.816 bits per heavy atom. The minimum absolute atomic E-state index is 0.102. The number of phosphoric acid groups is 2. The van der Waals surface area contributed by atoms with Gasteiger partial charge in [0.15, 0.2) is 12.2 Å². The number of phosphoric ester groups is 2. The molecule has 0 radical (unpaired) electrons. The predicted molar refractivity (Wildman–Crippen MR) is 349 cm³/mol. The van der Waals surface area contributed by atoms with Crippen LogP contribution in [0.1, 0.15) is 331 Å². The minimum atomic E-state index is -4.95. The molecule has 0 aromatic heterocycles. The monoisotopic (exact) mass is 1280 g/mol. The molecule has 0 saturated heterocycles. The molecule has 87 heavy (non-hydrogen) atoms. The number of hydrogen-bond donors (Lipinski definition) is 3. The van der Waals surface area contributed by atoms with Crippen LogP contribution in [-0.2, 0) is 65.4 Å². The number of unbranched alkanes of at least 4 members (excludes halogenated alkanes) is 30. The topological polar surface area (TPSA) is 237 Å². The van der Waals surface area contributed by atoms with Gasteiger partial charge in [-0.1, -0.05) is 280 Å². The molecular formula is C68H132O17P2. The van der Waals surface area contributed by atoms with Gasteiger partial charge < -0.3 is 33.8 Å². The Balaban J connectivity index is 5.26. The summed E-state index contributed by atoms with van der Waals surface area (Å²) in [7, 11) is -9.90. The molecule has 3 N–H and O–H groups in total. The molecule has 0 aliphatic carbocycles. The number of aliphatic hydroxyl groups excluding tert-OH is 1. The summed E-state index contributed by atoms with van der Waals surface area (Å²) in [6.07, 6.45) is 39.0. The molecule has 0 aromatic rings. The lowest BCUT2D eigenvalue weighted by Crippen LogP contribution is -2.30. The van der Waals surface area contributed by atoms with Crippen molar-refractivity contribution in [1.29, 1.82) is 0 Å². The second-order valence-corrected chi connectivity index (χ2v) is 29.1. The molecule has 516 valence electrons. The lowest BCUT2D eigenvalue weighted by atomic mass is 10.00. The molecule has 17 nitrogen and oxygen atoms in total. The van der Waals surface area contributed by atoms with Crippen LogP contribution in [0.25, 0.3) is 0 Å². The second-order valence-electron chi connectivity index (χ2n) is 26.2. The van der Waals surface area contributed by atoms with Crippen LogP contribution >= 0.6 is 15.6 Å². The van der Waals surface area contributed by atoms with E-state index in [1.54, 1.807) is 0 Å². The van der Waals surface area contributed by atoms with Gasteiger partial charge in [0.1, 0.15) is 19.3 Å². The maximum atomic E-state index is 13.0. The molecular weight excluding hydrogens is 1150 g/mol. The van der Waals surface area contributed by atoms with Crippen molar-refractivity contribution >= 4 is 39.5 Å². The highest BCUT2D eigenvalue weighted by molar-refractivity contribution is 7.47. The summed E-state index contributed by atoms with van der Waals surface area (Å²) < 4.78 is 68.2. The molecule has 0 aromatic carbocycles. The molecule has 4 unspecified atom stereocenters. The predicted octanol–water partition coefficient (Wildman–Crippen LogP) is 18.9. The lowest BCUT2D eigenvalue weighted by molar-refractivity contribution is -0.161. The van der Waals surface area contributed by atoms with Crippen molar-refractivity contribution in [3.63, 3.8) is 0 Å². The van der Waals surface area contributed by atoms with E-state index in [0.29, 0.717) is 25.7 Å². The van der Waals surface area contributed by atoms with E-state index >= 15 is 0 Å². The molecule has 0 bridgehead atoms. The zero-order valence-corrected chi connectivity index (χ0v) is 58.4. The van der Waals surface area contributed by atoms with E-state index < -0.39 is 97.5 Å². The zero-order chi connectivity index (χ0) is 64.7. The van der Waals surface area contributed by atoms with Crippen LogP contribution in [0.2, 0.25) is 0 Å². The van der Waals surface area contributed by atoms with Crippen molar-refractivity contribution in [2.24, 2.45) is 23.7 Å². The number of rotatable bonds is 65. The Morgan fingerprint density at radius 1 is 0.322 bits per heavy atom. The average Bonchev–Trinajstić information content (AvgIpc) is 3.68. The van der Waals surface area contributed by atoms with Gasteiger partial charge in [0.2, 0.25) is 0 Å². The highest BCUT2D eigenvalue weighted by Gasteiger charge is 2.30. The van der Waals surface area contributed by atoms with Gasteiger partial charge in [0.05, 0.1) is 26.4 Å². The van der Waals surface area contributed by atoms with Crippen molar-refractivity contribution in [2.75, 3.05) is 39.6 Å². The summed E-state index contributed by atoms with van der Waals surface area (Å²) in [6, 6.07) is 0. The van der Waals surface area contributed by atoms with Crippen LogP contribution in [0.15, 0.2) is 0 Å². The van der Waals surface area contributed by atoms with Gasteiger partial charge in [0.25, 0.3) is 0 Å². The fourth-order valence-corrected chi connectivity index (χ4v) is 11.7. The standard InChI is InChI=1S/C68H132O17P2/c1-9-61(8)47-39-31-26-27-35-43-51-68(73)85-64(55-78-65(70)48-40-32-23-16-12-10-14-20-28-36-44-58(2)3)57-83-87(76,77)81-53-62(69)52-80-86(74,75)82-56-63(54-79-66(71)49-41-33-24-19-18-22-30-38-46-60(6)7)84-67(72)50-42-34-25-17-13-11-15-21-29-37-45-59(4)5/h58-64,69H,9-57H2,1-8H3,(H,74,75)(H,76,77)/t61?,62?,63-,64-/m1/s1. The molecule has 0 aliphatic heterocycles. The van der Waals surface area contributed by atoms with Crippen LogP contribution in [-0.4, -0.2) is 96.7 Å². The van der Waals surface area contributed by atoms with Crippen molar-refractivity contribution in [1.82, 2.24) is 0 Å². The summed E-state index contributed by atoms with van der Waals surface area (Å²) in [5.74, 6) is 0.822. The Hall–Kier alpha value is -1.94. The minimum Gasteiger partial charge on any atom is -0.462 e. The Labute approximate surface area is 530 Å². The van der Waals surface area contributed by atoms with E-state index in [2.05, 4.69) is 55.4 Å². The third-order valence-corrected chi connectivity index (χ3v) is 17.8. The smallest absolute Gasteiger partial charge is 0.462 e. The third-order valence-electron chi connectivity index (χ3n) is 15.9. The van der Waals surface area contributed by atoms with Crippen molar-refractivity contribution in [3.8, 4) is 0 Å². The van der Waals surface area contributed by atoms with Gasteiger partial charge >= 0.3 is 39.5 Å². The quantitative estimate of drug-likeness (QED) is 0.0222. The number of hydrogen-bond acceptors (Lipinski definition) is 15. The maximum Gasteiger partial charge on any atom is 0.472 e. The normalized spacial score (nSPS) is 14.6. The van der Waals surface area contributed by atoms with Crippen molar-refractivity contribution < 1.29 is 80.2 Å². The van der Waals surface area contributed by atoms with E-state index in [0.717, 1.165) is 114 Å². The Kier molecular flexibility index (Phi) is 56.6. The summed E-state index contributed by atoms with van der Waals surface area (Å²) in [4.78, 5) is 72.4. The SMILES string of the molecule is CCC(C)CCCCCCCCC(=O)O[C@H](COC(=O)CCCCCCCCCCCCC(C)C)COP(=O)(O)OCC(O)COP(=O)(O)OC[C@@H](COC(=O)CCCCCCCCCCC(C)C)OC(=O)CCCCCCCCCCCCC(C)C. The van der Waals surface area contributed by atoms with Gasteiger partial charge in [-0.25, -0.2) is 9.13 Å². The highest BCUT2D eigenvalue weighted by Crippen LogP contribution is 2.45. The number of esters is 4. The summed E-state index contributed by atoms with van der Waals surface area (Å²) in [6.45, 7) is 14.0. The first-order chi connectivity index (χ1) is 41.6. The molecule has 0 heterocycles. The number of carbonyl (C=O) groups is 4. The largest absolute Gasteiger partial charge is 0.472 e. The van der Waals surface area contributed by atoms with Crippen molar-refractivity contribution in [2.45, 2.75) is 350 Å². The number of aliphatic hydroxyl groups is 1. The molecule has 0 amide bonds. The Morgan fingerprint density at radius 2 is 0.552 bits per heavy atom. The van der Waals surface area contributed by atoms with E-state index in [4.69, 9.17) is 37.0 Å². The number of ether oxygens (including phenoxy) is 4. The lowest BCUT2D eigenvalue weighted by Gasteiger charge is -2.21. The first-order valence-corrected chi connectivity index (χ1v) is 38.2. The molecule has 0 aliphatic rings. The zero-order valence-electron chi connectivity index (χ0n) is 56.6. The average molecular weight is 1280 g/mol. The molecule has 0 rings (SSSR count). The van der Waals surface area contributed by atoms with Gasteiger partial charge in [-0.05, 0) is 49.4 Å². The van der Waals surface area contributed by atoms with Gasteiger partial charge in [0, 0.05) is 25.7 Å². The van der Waals surface area contributed by atoms with Crippen LogP contribution in [0.5, 0.6) is 0 Å². The Bertz CT molecular complexity index is 1730. The fraction of sp³-hybridized carbons (Fsp3) is 0.941. The van der Waals surface area contributed by atoms with Gasteiger partial charge in [-0.3, -0.25) is 37.3 Å². The van der Waals surface area contributed by atoms with Crippen LogP contribution in [0, 0.1) is 23.7 Å². The molecule has 0 saturated carbocycles.